The van der Waals surface area contributed by atoms with Crippen molar-refractivity contribution in [2.45, 2.75) is 47.6 Å². The summed E-state index contributed by atoms with van der Waals surface area (Å²) < 4.78 is 1.37. The summed E-state index contributed by atoms with van der Waals surface area (Å²) in [6.07, 6.45) is 0.903. The number of hydrogen-bond donors (Lipinski definition) is 2. The molecule has 0 radical (unpaired) electrons. The SMILES string of the molecule is Cc1cc(C)cc(Nc2nc(C)cc(=O)n2CC(=O)NCCC(C)C)c1. The normalized spacial score (nSPS) is 10.8. The first-order valence-electron chi connectivity index (χ1n) is 8.95. The average Bonchev–Trinajstić information content (AvgIpc) is 2.49. The Morgan fingerprint density at radius 1 is 1.12 bits per heavy atom. The van der Waals surface area contributed by atoms with Crippen LogP contribution in [0.25, 0.3) is 0 Å². The Bertz CT molecular complexity index is 820. The fourth-order valence-corrected chi connectivity index (χ4v) is 2.74. The molecule has 0 spiro atoms. The van der Waals surface area contributed by atoms with Crippen LogP contribution in [0.4, 0.5) is 11.6 Å². The zero-order valence-corrected chi connectivity index (χ0v) is 16.2. The maximum atomic E-state index is 12.4. The highest BCUT2D eigenvalue weighted by Gasteiger charge is 2.12. The highest BCUT2D eigenvalue weighted by atomic mass is 16.2. The van der Waals surface area contributed by atoms with Crippen molar-refractivity contribution >= 4 is 17.5 Å². The summed E-state index contributed by atoms with van der Waals surface area (Å²) in [7, 11) is 0. The molecule has 2 aromatic rings. The Morgan fingerprint density at radius 3 is 2.38 bits per heavy atom. The van der Waals surface area contributed by atoms with Gasteiger partial charge in [0.1, 0.15) is 6.54 Å². The molecule has 0 bridgehead atoms. The number of anilines is 2. The second-order valence-electron chi connectivity index (χ2n) is 7.18. The number of rotatable bonds is 7. The minimum atomic E-state index is -0.247. The number of carbonyl (C=O) groups is 1. The van der Waals surface area contributed by atoms with Crippen molar-refractivity contribution in [1.82, 2.24) is 14.9 Å². The Kier molecular flexibility index (Phi) is 6.55. The van der Waals surface area contributed by atoms with Crippen LogP contribution in [-0.2, 0) is 11.3 Å². The number of aromatic nitrogens is 2. The van der Waals surface area contributed by atoms with Crippen molar-refractivity contribution in [2.75, 3.05) is 11.9 Å². The van der Waals surface area contributed by atoms with Crippen LogP contribution in [0.5, 0.6) is 0 Å². The van der Waals surface area contributed by atoms with Crippen LogP contribution in [-0.4, -0.2) is 22.0 Å². The summed E-state index contributed by atoms with van der Waals surface area (Å²) >= 11 is 0. The van der Waals surface area contributed by atoms with Gasteiger partial charge in [-0.15, -0.1) is 0 Å². The van der Waals surface area contributed by atoms with E-state index in [1.54, 1.807) is 6.92 Å². The molecule has 1 amide bonds. The molecule has 26 heavy (non-hydrogen) atoms. The van der Waals surface area contributed by atoms with Crippen molar-refractivity contribution in [2.24, 2.45) is 5.92 Å². The van der Waals surface area contributed by atoms with Gasteiger partial charge in [-0.3, -0.25) is 14.2 Å². The predicted molar refractivity (Wildman–Crippen MR) is 105 cm³/mol. The van der Waals surface area contributed by atoms with Crippen LogP contribution < -0.4 is 16.2 Å². The number of aryl methyl sites for hydroxylation is 3. The number of nitrogens with zero attached hydrogens (tertiary/aromatic N) is 2. The second-order valence-corrected chi connectivity index (χ2v) is 7.18. The van der Waals surface area contributed by atoms with Gasteiger partial charge in [-0.05, 0) is 56.4 Å². The Morgan fingerprint density at radius 2 is 1.77 bits per heavy atom. The van der Waals surface area contributed by atoms with Gasteiger partial charge in [-0.1, -0.05) is 19.9 Å². The summed E-state index contributed by atoms with van der Waals surface area (Å²) in [4.78, 5) is 29.0. The first kappa shape index (κ1) is 19.7. The van der Waals surface area contributed by atoms with E-state index < -0.39 is 0 Å². The van der Waals surface area contributed by atoms with Gasteiger partial charge in [0.25, 0.3) is 5.56 Å². The third kappa shape index (κ3) is 5.72. The molecule has 0 saturated carbocycles. The third-order valence-corrected chi connectivity index (χ3v) is 3.96. The zero-order chi connectivity index (χ0) is 19.3. The van der Waals surface area contributed by atoms with Crippen LogP contribution in [0.2, 0.25) is 0 Å². The lowest BCUT2D eigenvalue weighted by molar-refractivity contribution is -0.121. The average molecular weight is 356 g/mol. The van der Waals surface area contributed by atoms with Crippen LogP contribution in [0.15, 0.2) is 29.1 Å². The van der Waals surface area contributed by atoms with Gasteiger partial charge in [0.15, 0.2) is 0 Å². The van der Waals surface area contributed by atoms with Crippen molar-refractivity contribution in [1.29, 1.82) is 0 Å². The first-order valence-corrected chi connectivity index (χ1v) is 8.95. The molecule has 1 heterocycles. The van der Waals surface area contributed by atoms with Crippen molar-refractivity contribution in [3.63, 3.8) is 0 Å². The van der Waals surface area contributed by atoms with Gasteiger partial charge in [0.2, 0.25) is 11.9 Å². The molecule has 0 saturated heterocycles. The van der Waals surface area contributed by atoms with Crippen LogP contribution >= 0.6 is 0 Å². The van der Waals surface area contributed by atoms with E-state index in [2.05, 4.69) is 35.5 Å². The van der Waals surface area contributed by atoms with E-state index in [4.69, 9.17) is 0 Å². The molecule has 0 aliphatic heterocycles. The molecule has 0 atom stereocenters. The van der Waals surface area contributed by atoms with Crippen molar-refractivity contribution < 1.29 is 4.79 Å². The molecule has 1 aromatic carbocycles. The van der Waals surface area contributed by atoms with Gasteiger partial charge < -0.3 is 10.6 Å². The molecule has 6 nitrogen and oxygen atoms in total. The topological polar surface area (TPSA) is 76.0 Å². The minimum Gasteiger partial charge on any atom is -0.355 e. The Hall–Kier alpha value is -2.63. The lowest BCUT2D eigenvalue weighted by atomic mass is 10.1. The van der Waals surface area contributed by atoms with E-state index >= 15 is 0 Å². The van der Waals surface area contributed by atoms with E-state index in [0.29, 0.717) is 24.1 Å². The van der Waals surface area contributed by atoms with E-state index in [1.807, 2.05) is 26.0 Å². The zero-order valence-electron chi connectivity index (χ0n) is 16.2. The summed E-state index contributed by atoms with van der Waals surface area (Å²) in [6.45, 7) is 10.5. The first-order chi connectivity index (χ1) is 12.2. The number of nitrogens with one attached hydrogen (secondary N) is 2. The lowest BCUT2D eigenvalue weighted by Crippen LogP contribution is -2.34. The quantitative estimate of drug-likeness (QED) is 0.799. The highest BCUT2D eigenvalue weighted by molar-refractivity contribution is 5.76. The molecule has 0 aliphatic carbocycles. The second kappa shape index (κ2) is 8.65. The smallest absolute Gasteiger partial charge is 0.255 e. The standard InChI is InChI=1S/C20H28N4O2/c1-13(2)6-7-21-18(25)12-24-19(26)11-16(5)22-20(24)23-17-9-14(3)8-15(4)10-17/h8-11,13H,6-7,12H2,1-5H3,(H,21,25)(H,22,23). The fourth-order valence-electron chi connectivity index (χ4n) is 2.74. The van der Waals surface area contributed by atoms with Crippen LogP contribution in [0.1, 0.15) is 37.1 Å². The van der Waals surface area contributed by atoms with Gasteiger partial charge in [0, 0.05) is 24.0 Å². The third-order valence-electron chi connectivity index (χ3n) is 3.96. The molecule has 2 rings (SSSR count). The highest BCUT2D eigenvalue weighted by Crippen LogP contribution is 2.18. The molecule has 0 fully saturated rings. The van der Waals surface area contributed by atoms with Gasteiger partial charge >= 0.3 is 0 Å². The van der Waals surface area contributed by atoms with E-state index in [9.17, 15) is 9.59 Å². The lowest BCUT2D eigenvalue weighted by Gasteiger charge is -2.15. The summed E-state index contributed by atoms with van der Waals surface area (Å²) in [6, 6.07) is 7.47. The molecule has 0 unspecified atom stereocenters. The monoisotopic (exact) mass is 356 g/mol. The maximum Gasteiger partial charge on any atom is 0.255 e. The summed E-state index contributed by atoms with van der Waals surface area (Å²) in [5, 5.41) is 6.05. The molecular weight excluding hydrogens is 328 g/mol. The molecule has 2 N–H and O–H groups in total. The molecule has 0 aliphatic rings. The van der Waals surface area contributed by atoms with E-state index in [-0.39, 0.29) is 18.0 Å². The van der Waals surface area contributed by atoms with Crippen molar-refractivity contribution in [3.8, 4) is 0 Å². The summed E-state index contributed by atoms with van der Waals surface area (Å²) in [5.41, 5.74) is 3.43. The summed E-state index contributed by atoms with van der Waals surface area (Å²) in [5.74, 6) is 0.696. The largest absolute Gasteiger partial charge is 0.355 e. The maximum absolute atomic E-state index is 12.4. The molecule has 1 aromatic heterocycles. The molecule has 140 valence electrons. The molecular formula is C20H28N4O2. The van der Waals surface area contributed by atoms with Gasteiger partial charge in [-0.25, -0.2) is 4.98 Å². The van der Waals surface area contributed by atoms with Gasteiger partial charge in [0.05, 0.1) is 0 Å². The van der Waals surface area contributed by atoms with Crippen LogP contribution in [0, 0.1) is 26.7 Å². The Balaban J connectivity index is 2.23. The van der Waals surface area contributed by atoms with Crippen molar-refractivity contribution in [3.05, 3.63) is 51.4 Å². The minimum absolute atomic E-state index is 0.0582. The Labute approximate surface area is 154 Å². The number of benzene rings is 1. The molecule has 6 heteroatoms. The van der Waals surface area contributed by atoms with Crippen LogP contribution in [0.3, 0.4) is 0 Å². The fraction of sp³-hybridized carbons (Fsp3) is 0.450. The van der Waals surface area contributed by atoms with E-state index in [1.165, 1.54) is 10.6 Å². The predicted octanol–water partition coefficient (Wildman–Crippen LogP) is 3.07. The number of hydrogen-bond acceptors (Lipinski definition) is 4. The van der Waals surface area contributed by atoms with Gasteiger partial charge in [-0.2, -0.15) is 0 Å². The number of carbonyl (C=O) groups excluding carboxylic acids is 1. The number of amides is 1. The van der Waals surface area contributed by atoms with E-state index in [0.717, 1.165) is 23.2 Å².